The first-order valence-corrected chi connectivity index (χ1v) is 14.9. The van der Waals surface area contributed by atoms with E-state index in [1.165, 1.54) is 11.9 Å². The molecular formula is C27H32N6O4S. The number of nitrogens with one attached hydrogen (secondary N) is 1. The zero-order valence-electron chi connectivity index (χ0n) is 21.7. The van der Waals surface area contributed by atoms with Crippen molar-refractivity contribution in [2.24, 2.45) is 0 Å². The summed E-state index contributed by atoms with van der Waals surface area (Å²) in [5.74, 6) is 8.19. The molecule has 4 aliphatic rings. The summed E-state index contributed by atoms with van der Waals surface area (Å²) in [6.45, 7) is 8.35. The Hall–Kier alpha value is -3.36. The van der Waals surface area contributed by atoms with E-state index < -0.39 is 9.84 Å². The molecule has 0 bridgehead atoms. The standard InChI is InChI=1S/C27H32N6O4S/c1-3-4-24(34)32-6-5-21(15-32)33-13-20(14-33)19-11-18(2)25-23(12-19)30-26-22(16-37-25)27(29-17-28-26)31-7-9-38(35,36)10-8-31/h11-12,17,20-21H,5-10,13-16H2,1-2H3,(H,28,29,30)/t21-/m0/s1. The van der Waals surface area contributed by atoms with Crippen molar-refractivity contribution in [2.45, 2.75) is 38.8 Å². The van der Waals surface area contributed by atoms with Crippen LogP contribution in [0.5, 0.6) is 5.75 Å². The van der Waals surface area contributed by atoms with Crippen LogP contribution in [0.15, 0.2) is 18.5 Å². The highest BCUT2D eigenvalue weighted by Crippen LogP contribution is 2.42. The smallest absolute Gasteiger partial charge is 0.298 e. The number of anilines is 3. The summed E-state index contributed by atoms with van der Waals surface area (Å²) in [7, 11) is -2.99. The normalized spacial score (nSPS) is 22.6. The van der Waals surface area contributed by atoms with Crippen molar-refractivity contribution < 1.29 is 17.9 Å². The minimum Gasteiger partial charge on any atom is -0.486 e. The van der Waals surface area contributed by atoms with Gasteiger partial charge < -0.3 is 19.9 Å². The minimum absolute atomic E-state index is 0.0721. The van der Waals surface area contributed by atoms with Crippen LogP contribution in [0.2, 0.25) is 0 Å². The second-order valence-corrected chi connectivity index (χ2v) is 12.8. The van der Waals surface area contributed by atoms with Crippen LogP contribution < -0.4 is 15.0 Å². The van der Waals surface area contributed by atoms with Crippen molar-refractivity contribution in [1.29, 1.82) is 0 Å². The summed E-state index contributed by atoms with van der Waals surface area (Å²) in [4.78, 5) is 27.4. The molecule has 1 aromatic heterocycles. The van der Waals surface area contributed by atoms with Gasteiger partial charge in [-0.25, -0.2) is 18.4 Å². The Balaban J connectivity index is 1.16. The topological polar surface area (TPSA) is 108 Å². The highest BCUT2D eigenvalue weighted by atomic mass is 32.2. The predicted octanol–water partition coefficient (Wildman–Crippen LogP) is 1.68. The molecule has 2 aromatic rings. The molecule has 38 heavy (non-hydrogen) atoms. The van der Waals surface area contributed by atoms with Crippen LogP contribution in [0, 0.1) is 18.8 Å². The summed E-state index contributed by atoms with van der Waals surface area (Å²) in [6.07, 6.45) is 2.52. The molecule has 200 valence electrons. The number of carbonyl (C=O) groups excluding carboxylic acids is 1. The Morgan fingerprint density at radius 3 is 2.68 bits per heavy atom. The number of nitrogens with zero attached hydrogens (tertiary/aromatic N) is 5. The number of aromatic nitrogens is 2. The van der Waals surface area contributed by atoms with Gasteiger partial charge in [0, 0.05) is 51.2 Å². The van der Waals surface area contributed by atoms with E-state index in [-0.39, 0.29) is 17.4 Å². The number of hydrogen-bond donors (Lipinski definition) is 1. The lowest BCUT2D eigenvalue weighted by Crippen LogP contribution is -2.51. The molecule has 0 radical (unpaired) electrons. The monoisotopic (exact) mass is 536 g/mol. The van der Waals surface area contributed by atoms with E-state index in [0.717, 1.165) is 61.0 Å². The highest BCUT2D eigenvalue weighted by molar-refractivity contribution is 7.91. The van der Waals surface area contributed by atoms with Crippen LogP contribution in [0.3, 0.4) is 0 Å². The Morgan fingerprint density at radius 1 is 1.13 bits per heavy atom. The van der Waals surface area contributed by atoms with Gasteiger partial charge in [0.2, 0.25) is 0 Å². The number of fused-ring (bicyclic) bond motifs is 2. The summed E-state index contributed by atoms with van der Waals surface area (Å²) in [6, 6.07) is 4.77. The zero-order valence-corrected chi connectivity index (χ0v) is 22.6. The molecule has 0 unspecified atom stereocenters. The number of likely N-dealkylation sites (tertiary alicyclic amines) is 2. The van der Waals surface area contributed by atoms with Crippen LogP contribution in [0.1, 0.15) is 36.0 Å². The molecule has 1 N–H and O–H groups in total. The van der Waals surface area contributed by atoms with E-state index in [9.17, 15) is 13.2 Å². The molecule has 1 amide bonds. The van der Waals surface area contributed by atoms with E-state index in [1.807, 2.05) is 9.80 Å². The van der Waals surface area contributed by atoms with Crippen LogP contribution in [0.4, 0.5) is 17.3 Å². The lowest BCUT2D eigenvalue weighted by Gasteiger charge is -2.43. The van der Waals surface area contributed by atoms with Crippen molar-refractivity contribution in [3.05, 3.63) is 35.2 Å². The van der Waals surface area contributed by atoms with Gasteiger partial charge >= 0.3 is 0 Å². The third-order valence-electron chi connectivity index (χ3n) is 8.06. The molecule has 11 heteroatoms. The summed E-state index contributed by atoms with van der Waals surface area (Å²) in [5.41, 5.74) is 4.05. The number of amides is 1. The first-order chi connectivity index (χ1) is 18.3. The third-order valence-corrected chi connectivity index (χ3v) is 9.67. The number of sulfone groups is 1. The number of aryl methyl sites for hydroxylation is 1. The van der Waals surface area contributed by atoms with Crippen molar-refractivity contribution in [3.8, 4) is 17.6 Å². The number of ether oxygens (including phenoxy) is 1. The van der Waals surface area contributed by atoms with Crippen LogP contribution in [-0.2, 0) is 21.2 Å². The molecule has 0 aliphatic carbocycles. The third kappa shape index (κ3) is 4.67. The summed E-state index contributed by atoms with van der Waals surface area (Å²) >= 11 is 0. The quantitative estimate of drug-likeness (QED) is 0.586. The SMILES string of the molecule is CC#CC(=O)N1CC[C@H](N2CC(c3cc(C)c4c(c3)Nc3ncnc(N5CCS(=O)(=O)CC5)c3CO4)C2)C1. The maximum atomic E-state index is 12.1. The van der Waals surface area contributed by atoms with Gasteiger partial charge in [-0.1, -0.05) is 12.0 Å². The van der Waals surface area contributed by atoms with Crippen LogP contribution in [0.25, 0.3) is 0 Å². The fraction of sp³-hybridized carbons (Fsp3) is 0.519. The van der Waals surface area contributed by atoms with Gasteiger partial charge in [0.1, 0.15) is 30.3 Å². The lowest BCUT2D eigenvalue weighted by atomic mass is 9.88. The van der Waals surface area contributed by atoms with E-state index >= 15 is 0 Å². The average molecular weight is 537 g/mol. The largest absolute Gasteiger partial charge is 0.486 e. The van der Waals surface area contributed by atoms with Crippen LogP contribution in [-0.4, -0.2) is 90.9 Å². The molecular weight excluding hydrogens is 504 g/mol. The molecule has 3 saturated heterocycles. The highest BCUT2D eigenvalue weighted by Gasteiger charge is 2.38. The number of benzene rings is 1. The van der Waals surface area contributed by atoms with Crippen molar-refractivity contribution >= 4 is 33.1 Å². The molecule has 10 nitrogen and oxygen atoms in total. The van der Waals surface area contributed by atoms with Gasteiger partial charge in [-0.15, -0.1) is 0 Å². The van der Waals surface area contributed by atoms with Gasteiger partial charge in [0.05, 0.1) is 22.8 Å². The molecule has 3 fully saturated rings. The molecule has 1 aromatic carbocycles. The maximum Gasteiger partial charge on any atom is 0.298 e. The Bertz CT molecular complexity index is 1430. The first-order valence-electron chi connectivity index (χ1n) is 13.1. The second kappa shape index (κ2) is 9.75. The predicted molar refractivity (Wildman–Crippen MR) is 144 cm³/mol. The lowest BCUT2D eigenvalue weighted by molar-refractivity contribution is -0.124. The van der Waals surface area contributed by atoms with Crippen molar-refractivity contribution in [3.63, 3.8) is 0 Å². The Labute approximate surface area is 223 Å². The number of carbonyl (C=O) groups is 1. The fourth-order valence-corrected chi connectivity index (χ4v) is 7.07. The van der Waals surface area contributed by atoms with Gasteiger partial charge in [-0.2, -0.15) is 0 Å². The number of rotatable bonds is 3. The zero-order chi connectivity index (χ0) is 26.4. The van der Waals surface area contributed by atoms with Gasteiger partial charge in [-0.3, -0.25) is 9.69 Å². The van der Waals surface area contributed by atoms with E-state index in [0.29, 0.717) is 37.5 Å². The molecule has 0 saturated carbocycles. The average Bonchev–Trinajstić information content (AvgIpc) is 3.25. The van der Waals surface area contributed by atoms with E-state index in [2.05, 4.69) is 51.1 Å². The first kappa shape index (κ1) is 24.9. The van der Waals surface area contributed by atoms with Gasteiger partial charge in [0.15, 0.2) is 9.84 Å². The van der Waals surface area contributed by atoms with Gasteiger partial charge in [0.25, 0.3) is 5.91 Å². The number of hydrogen-bond acceptors (Lipinski definition) is 9. The Kier molecular flexibility index (Phi) is 6.40. The second-order valence-electron chi connectivity index (χ2n) is 10.5. The van der Waals surface area contributed by atoms with Gasteiger partial charge in [-0.05, 0) is 43.4 Å². The molecule has 1 atom stereocenters. The maximum absolute atomic E-state index is 12.1. The van der Waals surface area contributed by atoms with E-state index in [4.69, 9.17) is 4.74 Å². The summed E-state index contributed by atoms with van der Waals surface area (Å²) in [5, 5.41) is 3.49. The van der Waals surface area contributed by atoms with Crippen LogP contribution >= 0.6 is 0 Å². The molecule has 0 spiro atoms. The van der Waals surface area contributed by atoms with Crippen molar-refractivity contribution in [1.82, 2.24) is 19.8 Å². The fourth-order valence-electron chi connectivity index (χ4n) is 5.87. The molecule has 6 rings (SSSR count). The Morgan fingerprint density at radius 2 is 1.92 bits per heavy atom. The summed E-state index contributed by atoms with van der Waals surface area (Å²) < 4.78 is 30.1. The molecule has 4 aliphatic heterocycles. The minimum atomic E-state index is -2.99. The van der Waals surface area contributed by atoms with Crippen molar-refractivity contribution in [2.75, 3.05) is 61.0 Å². The molecule has 5 heterocycles. The van der Waals surface area contributed by atoms with E-state index in [1.54, 1.807) is 6.92 Å².